The lowest BCUT2D eigenvalue weighted by Crippen LogP contribution is -3.16. The Hall–Kier alpha value is -2.35. The Morgan fingerprint density at radius 3 is 2.59 bits per heavy atom. The lowest BCUT2D eigenvalue weighted by Gasteiger charge is -2.34. The molecule has 2 aromatic rings. The van der Waals surface area contributed by atoms with Gasteiger partial charge < -0.3 is 29.1 Å². The molecule has 0 aliphatic carbocycles. The molecule has 29 heavy (non-hydrogen) atoms. The van der Waals surface area contributed by atoms with E-state index in [9.17, 15) is 9.50 Å². The Morgan fingerprint density at radius 1 is 1.10 bits per heavy atom. The van der Waals surface area contributed by atoms with Gasteiger partial charge in [0, 0.05) is 5.69 Å². The van der Waals surface area contributed by atoms with Crippen LogP contribution in [0.25, 0.3) is 0 Å². The normalized spacial score (nSPS) is 20.5. The van der Waals surface area contributed by atoms with Gasteiger partial charge in [0.2, 0.25) is 0 Å². The van der Waals surface area contributed by atoms with Gasteiger partial charge >= 0.3 is 0 Å². The molecule has 2 N–H and O–H groups in total. The highest BCUT2D eigenvalue weighted by molar-refractivity contribution is 5.46. The summed E-state index contributed by atoms with van der Waals surface area (Å²) in [7, 11) is 0. The number of aliphatic hydroxyl groups excluding tert-OH is 1. The summed E-state index contributed by atoms with van der Waals surface area (Å²) in [6.07, 6.45) is -0.678. The van der Waals surface area contributed by atoms with Gasteiger partial charge in [-0.15, -0.1) is 0 Å². The number of fused-ring (bicyclic) bond motifs is 1. The van der Waals surface area contributed by atoms with Gasteiger partial charge in [-0.3, -0.25) is 0 Å². The van der Waals surface area contributed by atoms with Gasteiger partial charge in [-0.25, -0.2) is 4.39 Å². The number of para-hydroxylation sites is 2. The molecule has 2 aliphatic rings. The monoisotopic (exact) mass is 403 g/mol. The van der Waals surface area contributed by atoms with Gasteiger partial charge in [-0.1, -0.05) is 12.1 Å². The van der Waals surface area contributed by atoms with Gasteiger partial charge in [0.05, 0.1) is 39.4 Å². The first-order valence-electron chi connectivity index (χ1n) is 10.2. The molecule has 0 spiro atoms. The molecule has 0 bridgehead atoms. The molecule has 0 radical (unpaired) electrons. The van der Waals surface area contributed by atoms with E-state index in [4.69, 9.17) is 14.2 Å². The molecule has 0 amide bonds. The van der Waals surface area contributed by atoms with E-state index in [2.05, 4.69) is 4.90 Å². The maximum absolute atomic E-state index is 13.1. The second-order valence-corrected chi connectivity index (χ2v) is 7.61. The Kier molecular flexibility index (Phi) is 6.49. The van der Waals surface area contributed by atoms with Gasteiger partial charge in [0.1, 0.15) is 25.1 Å². The first-order chi connectivity index (χ1) is 14.2. The number of ether oxygens (including phenoxy) is 3. The number of aliphatic hydroxyl groups is 1. The minimum absolute atomic E-state index is 0.163. The van der Waals surface area contributed by atoms with Crippen LogP contribution in [0.1, 0.15) is 0 Å². The summed E-state index contributed by atoms with van der Waals surface area (Å²) in [4.78, 5) is 3.61. The van der Waals surface area contributed by atoms with Gasteiger partial charge in [-0.05, 0) is 36.4 Å². The van der Waals surface area contributed by atoms with Crippen LogP contribution in [0.15, 0.2) is 48.5 Å². The zero-order valence-electron chi connectivity index (χ0n) is 16.4. The molecule has 0 aromatic heterocycles. The zero-order chi connectivity index (χ0) is 20.1. The smallest absolute Gasteiger partial charge is 0.161 e. The molecular formula is C22H28FN2O4+. The fourth-order valence-electron chi connectivity index (χ4n) is 3.81. The van der Waals surface area contributed by atoms with Crippen LogP contribution in [-0.2, 0) is 4.74 Å². The van der Waals surface area contributed by atoms with Crippen LogP contribution in [0, 0.1) is 5.82 Å². The standard InChI is InChI=1S/C22H27FN2O4/c23-17-5-7-18(8-6-17)25-11-9-24(10-12-25)13-19(26)14-27-15-20-16-28-21-3-1-2-4-22(21)29-20/h1-8,19-20,26H,9-16H2/p+1/t19-,20+/m1/s1. The van der Waals surface area contributed by atoms with E-state index in [1.165, 1.54) is 17.0 Å². The summed E-state index contributed by atoms with van der Waals surface area (Å²) in [5.74, 6) is 1.28. The molecule has 2 atom stereocenters. The summed E-state index contributed by atoms with van der Waals surface area (Å²) >= 11 is 0. The van der Waals surface area contributed by atoms with E-state index in [-0.39, 0.29) is 18.5 Å². The van der Waals surface area contributed by atoms with E-state index >= 15 is 0 Å². The van der Waals surface area contributed by atoms with Crippen molar-refractivity contribution in [3.63, 3.8) is 0 Å². The maximum atomic E-state index is 13.1. The Bertz CT molecular complexity index is 781. The van der Waals surface area contributed by atoms with Crippen molar-refractivity contribution in [2.24, 2.45) is 0 Å². The largest absolute Gasteiger partial charge is 0.486 e. The first-order valence-corrected chi connectivity index (χ1v) is 10.2. The third-order valence-electron chi connectivity index (χ3n) is 5.37. The molecule has 156 valence electrons. The molecule has 0 saturated carbocycles. The summed E-state index contributed by atoms with van der Waals surface area (Å²) in [5.41, 5.74) is 1.05. The Morgan fingerprint density at radius 2 is 1.83 bits per heavy atom. The minimum Gasteiger partial charge on any atom is -0.486 e. The fourth-order valence-corrected chi connectivity index (χ4v) is 3.81. The van der Waals surface area contributed by atoms with E-state index < -0.39 is 6.10 Å². The second-order valence-electron chi connectivity index (χ2n) is 7.61. The van der Waals surface area contributed by atoms with Crippen LogP contribution < -0.4 is 19.3 Å². The van der Waals surface area contributed by atoms with Crippen LogP contribution in [0.5, 0.6) is 11.5 Å². The van der Waals surface area contributed by atoms with Gasteiger partial charge in [0.15, 0.2) is 17.6 Å². The van der Waals surface area contributed by atoms with Gasteiger partial charge in [0.25, 0.3) is 0 Å². The van der Waals surface area contributed by atoms with Crippen LogP contribution in [0.4, 0.5) is 10.1 Å². The highest BCUT2D eigenvalue weighted by atomic mass is 19.1. The fraction of sp³-hybridized carbons (Fsp3) is 0.455. The number of nitrogens with zero attached hydrogens (tertiary/aromatic N) is 1. The van der Waals surface area contributed by atoms with E-state index in [0.29, 0.717) is 19.8 Å². The number of quaternary nitrogens is 1. The highest BCUT2D eigenvalue weighted by Crippen LogP contribution is 2.30. The van der Waals surface area contributed by atoms with Crippen LogP contribution >= 0.6 is 0 Å². The lowest BCUT2D eigenvalue weighted by atomic mass is 10.2. The average Bonchev–Trinajstić information content (AvgIpc) is 2.75. The van der Waals surface area contributed by atoms with E-state index in [1.807, 2.05) is 36.4 Å². The topological polar surface area (TPSA) is 55.6 Å². The van der Waals surface area contributed by atoms with Crippen LogP contribution in [0.3, 0.4) is 0 Å². The lowest BCUT2D eigenvalue weighted by molar-refractivity contribution is -0.903. The van der Waals surface area contributed by atoms with Gasteiger partial charge in [-0.2, -0.15) is 0 Å². The van der Waals surface area contributed by atoms with Crippen molar-refractivity contribution in [2.75, 3.05) is 57.4 Å². The number of halogens is 1. The van der Waals surface area contributed by atoms with Crippen molar-refractivity contribution in [3.8, 4) is 11.5 Å². The van der Waals surface area contributed by atoms with Crippen molar-refractivity contribution in [1.29, 1.82) is 0 Å². The number of benzene rings is 2. The molecule has 1 saturated heterocycles. The maximum Gasteiger partial charge on any atom is 0.161 e. The van der Waals surface area contributed by atoms with Crippen molar-refractivity contribution in [1.82, 2.24) is 0 Å². The zero-order valence-corrected chi connectivity index (χ0v) is 16.4. The predicted octanol–water partition coefficient (Wildman–Crippen LogP) is 0.748. The first kappa shape index (κ1) is 19.9. The van der Waals surface area contributed by atoms with Crippen molar-refractivity contribution >= 4 is 5.69 Å². The predicted molar refractivity (Wildman–Crippen MR) is 107 cm³/mol. The summed E-state index contributed by atoms with van der Waals surface area (Å²) in [6, 6.07) is 14.2. The average molecular weight is 403 g/mol. The van der Waals surface area contributed by atoms with E-state index in [1.54, 1.807) is 0 Å². The molecule has 2 aromatic carbocycles. The number of piperazine rings is 1. The Balaban J connectivity index is 1.14. The molecule has 0 unspecified atom stereocenters. The molecule has 2 aliphatic heterocycles. The number of anilines is 1. The third kappa shape index (κ3) is 5.38. The Labute approximate surface area is 170 Å². The minimum atomic E-state index is -0.515. The number of hydrogen-bond donors (Lipinski definition) is 2. The molecule has 1 fully saturated rings. The van der Waals surface area contributed by atoms with Crippen molar-refractivity contribution in [3.05, 3.63) is 54.3 Å². The highest BCUT2D eigenvalue weighted by Gasteiger charge is 2.24. The number of rotatable bonds is 7. The third-order valence-corrected chi connectivity index (χ3v) is 5.37. The molecule has 6 nitrogen and oxygen atoms in total. The van der Waals surface area contributed by atoms with E-state index in [0.717, 1.165) is 43.4 Å². The van der Waals surface area contributed by atoms with Crippen LogP contribution in [-0.4, -0.2) is 69.9 Å². The summed E-state index contributed by atoms with van der Waals surface area (Å²) in [5, 5.41) is 10.3. The quantitative estimate of drug-likeness (QED) is 0.715. The molecule has 4 rings (SSSR count). The molecule has 7 heteroatoms. The van der Waals surface area contributed by atoms with Crippen LogP contribution in [0.2, 0.25) is 0 Å². The molecule has 2 heterocycles. The molecular weight excluding hydrogens is 375 g/mol. The SMILES string of the molecule is O[C@@H](COC[C@H]1COc2ccccc2O1)C[NH+]1CCN(c2ccc(F)cc2)CC1. The second kappa shape index (κ2) is 9.43. The number of hydrogen-bond acceptors (Lipinski definition) is 5. The number of nitrogens with one attached hydrogen (secondary N) is 1. The summed E-state index contributed by atoms with van der Waals surface area (Å²) < 4.78 is 30.3. The van der Waals surface area contributed by atoms with Crippen molar-refractivity contribution < 1.29 is 28.6 Å². The van der Waals surface area contributed by atoms with Crippen molar-refractivity contribution in [2.45, 2.75) is 12.2 Å². The summed E-state index contributed by atoms with van der Waals surface area (Å²) in [6.45, 7) is 5.43.